The Hall–Kier alpha value is -1.83. The summed E-state index contributed by atoms with van der Waals surface area (Å²) >= 11 is 0. The Morgan fingerprint density at radius 2 is 2.04 bits per heavy atom. The van der Waals surface area contributed by atoms with E-state index in [1.165, 1.54) is 0 Å². The Morgan fingerprint density at radius 1 is 1.32 bits per heavy atom. The normalized spacial score (nSPS) is 17.4. The first-order chi connectivity index (χ1) is 12.1. The van der Waals surface area contributed by atoms with Crippen LogP contribution in [0, 0.1) is 17.8 Å². The van der Waals surface area contributed by atoms with E-state index in [2.05, 4.69) is 24.2 Å². The number of hydrogen-bond donors (Lipinski definition) is 2. The third-order valence-corrected chi connectivity index (χ3v) is 5.05. The molecule has 0 aromatic heterocycles. The second kappa shape index (κ2) is 9.03. The number of carboxylic acids is 1. The third-order valence-electron chi connectivity index (χ3n) is 5.05. The van der Waals surface area contributed by atoms with Crippen molar-refractivity contribution in [1.82, 2.24) is 5.48 Å². The van der Waals surface area contributed by atoms with E-state index in [-0.39, 0.29) is 5.92 Å². The van der Waals surface area contributed by atoms with Gasteiger partial charge in [0.15, 0.2) is 0 Å². The van der Waals surface area contributed by atoms with Gasteiger partial charge in [0.25, 0.3) is 0 Å². The van der Waals surface area contributed by atoms with Crippen molar-refractivity contribution in [3.8, 4) is 11.8 Å². The number of rotatable bonds is 6. The van der Waals surface area contributed by atoms with Crippen LogP contribution in [0.3, 0.4) is 0 Å². The summed E-state index contributed by atoms with van der Waals surface area (Å²) in [5, 5.41) is 10.2. The van der Waals surface area contributed by atoms with Crippen LogP contribution in [0.2, 0.25) is 0 Å². The molecule has 4 heteroatoms. The maximum atomic E-state index is 12.5. The summed E-state index contributed by atoms with van der Waals surface area (Å²) < 4.78 is 0. The second-order valence-electron chi connectivity index (χ2n) is 6.57. The molecule has 0 bridgehead atoms. The van der Waals surface area contributed by atoms with Crippen LogP contribution in [0.1, 0.15) is 69.1 Å². The molecule has 1 aliphatic carbocycles. The molecule has 0 radical (unpaired) electrons. The number of benzene rings is 1. The highest BCUT2D eigenvalue weighted by atomic mass is 16.7. The number of carbonyl (C=O) groups is 1. The average Bonchev–Trinajstić information content (AvgIpc) is 2.64. The fraction of sp³-hybridized carbons (Fsp3) is 0.571. The molecule has 2 rings (SSSR count). The van der Waals surface area contributed by atoms with Crippen molar-refractivity contribution in [2.45, 2.75) is 64.4 Å². The van der Waals surface area contributed by atoms with E-state index < -0.39 is 11.6 Å². The smallest absolute Gasteiger partial charge is 0.343 e. The molecule has 0 spiro atoms. The fourth-order valence-corrected chi connectivity index (χ4v) is 3.78. The second-order valence-corrected chi connectivity index (χ2v) is 6.57. The molecule has 0 unspecified atom stereocenters. The highest BCUT2D eigenvalue weighted by molar-refractivity contribution is 5.81. The van der Waals surface area contributed by atoms with Gasteiger partial charge in [0.05, 0.1) is 0 Å². The van der Waals surface area contributed by atoms with Gasteiger partial charge in [0.1, 0.15) is 0 Å². The minimum absolute atomic E-state index is 0.0687. The molecular weight excluding hydrogens is 314 g/mol. The summed E-state index contributed by atoms with van der Waals surface area (Å²) in [6.07, 6.45) is 6.55. The van der Waals surface area contributed by atoms with Crippen LogP contribution in [0.4, 0.5) is 0 Å². The Labute approximate surface area is 150 Å². The lowest BCUT2D eigenvalue weighted by atomic mass is 9.72. The van der Waals surface area contributed by atoms with Gasteiger partial charge in [0.2, 0.25) is 5.60 Å². The molecule has 1 atom stereocenters. The first-order valence-electron chi connectivity index (χ1n) is 9.30. The average molecular weight is 343 g/mol. The first kappa shape index (κ1) is 19.5. The monoisotopic (exact) mass is 343 g/mol. The van der Waals surface area contributed by atoms with Crippen LogP contribution in [0.5, 0.6) is 0 Å². The Bertz CT molecular complexity index is 653. The molecule has 136 valence electrons. The van der Waals surface area contributed by atoms with Gasteiger partial charge in [-0.25, -0.2) is 10.3 Å². The van der Waals surface area contributed by atoms with Crippen molar-refractivity contribution in [2.75, 3.05) is 7.05 Å². The summed E-state index contributed by atoms with van der Waals surface area (Å²) in [5.74, 6) is 5.25. The van der Waals surface area contributed by atoms with Gasteiger partial charge in [0, 0.05) is 30.5 Å². The lowest BCUT2D eigenvalue weighted by Crippen LogP contribution is -2.49. The van der Waals surface area contributed by atoms with Crippen LogP contribution in [0.25, 0.3) is 0 Å². The number of hydroxylamine groups is 1. The molecule has 4 nitrogen and oxygen atoms in total. The minimum atomic E-state index is -1.40. The fourth-order valence-electron chi connectivity index (χ4n) is 3.78. The van der Waals surface area contributed by atoms with Crippen molar-refractivity contribution in [1.29, 1.82) is 0 Å². The molecule has 1 saturated carbocycles. The zero-order valence-electron chi connectivity index (χ0n) is 15.5. The van der Waals surface area contributed by atoms with Gasteiger partial charge >= 0.3 is 5.97 Å². The molecule has 25 heavy (non-hydrogen) atoms. The van der Waals surface area contributed by atoms with Crippen LogP contribution in [-0.4, -0.2) is 18.1 Å². The third kappa shape index (κ3) is 4.05. The zero-order valence-corrected chi connectivity index (χ0v) is 15.5. The van der Waals surface area contributed by atoms with E-state index in [0.717, 1.165) is 56.1 Å². The molecule has 0 heterocycles. The predicted octanol–water partition coefficient (Wildman–Crippen LogP) is 4.02. The Morgan fingerprint density at radius 3 is 2.60 bits per heavy atom. The molecular formula is C21H29NO3. The van der Waals surface area contributed by atoms with E-state index in [0.29, 0.717) is 5.56 Å². The summed E-state index contributed by atoms with van der Waals surface area (Å²) in [7, 11) is 1.62. The van der Waals surface area contributed by atoms with Gasteiger partial charge in [-0.3, -0.25) is 4.84 Å². The van der Waals surface area contributed by atoms with E-state index in [1.54, 1.807) is 7.05 Å². The van der Waals surface area contributed by atoms with Crippen molar-refractivity contribution >= 4 is 5.97 Å². The van der Waals surface area contributed by atoms with Crippen LogP contribution in [-0.2, 0) is 21.7 Å². The maximum Gasteiger partial charge on any atom is 0.343 e. The number of nitrogens with one attached hydrogen (secondary N) is 1. The van der Waals surface area contributed by atoms with Gasteiger partial charge in [-0.05, 0) is 30.9 Å². The molecule has 1 fully saturated rings. The summed E-state index contributed by atoms with van der Waals surface area (Å²) in [5.41, 5.74) is 3.85. The van der Waals surface area contributed by atoms with Crippen LogP contribution < -0.4 is 5.48 Å². The standard InChI is InChI=1S/C21H29NO3/c1-4-6-10-17-15-16(5-2)13-14-19(17)21(20(23)24,25-22-3)18-11-8-7-9-12-18/h13-15,18,22H,4-5,7-9,11-12H2,1-3H3,(H,23,24)/t21-/m0/s1. The molecule has 1 aliphatic rings. The molecule has 1 aromatic carbocycles. The summed E-state index contributed by atoms with van der Waals surface area (Å²) in [6.45, 7) is 4.08. The van der Waals surface area contributed by atoms with Gasteiger partial charge in [-0.15, -0.1) is 0 Å². The number of aryl methyl sites for hydroxylation is 1. The minimum Gasteiger partial charge on any atom is -0.479 e. The zero-order chi connectivity index (χ0) is 18.3. The number of hydrogen-bond acceptors (Lipinski definition) is 3. The number of carboxylic acid groups (broad SMARTS) is 1. The molecule has 0 saturated heterocycles. The first-order valence-corrected chi connectivity index (χ1v) is 9.30. The van der Waals surface area contributed by atoms with Gasteiger partial charge < -0.3 is 5.11 Å². The van der Waals surface area contributed by atoms with E-state index in [4.69, 9.17) is 4.84 Å². The molecule has 0 amide bonds. The van der Waals surface area contributed by atoms with E-state index in [1.807, 2.05) is 25.1 Å². The molecule has 2 N–H and O–H groups in total. The van der Waals surface area contributed by atoms with Crippen LogP contribution >= 0.6 is 0 Å². The highest BCUT2D eigenvalue weighted by Gasteiger charge is 2.50. The van der Waals surface area contributed by atoms with Crippen molar-refractivity contribution in [2.24, 2.45) is 5.92 Å². The maximum absolute atomic E-state index is 12.5. The lowest BCUT2D eigenvalue weighted by molar-refractivity contribution is -0.193. The van der Waals surface area contributed by atoms with Gasteiger partial charge in [-0.2, -0.15) is 0 Å². The Balaban J connectivity index is 2.65. The predicted molar refractivity (Wildman–Crippen MR) is 99.0 cm³/mol. The van der Waals surface area contributed by atoms with E-state index in [9.17, 15) is 9.90 Å². The van der Waals surface area contributed by atoms with E-state index >= 15 is 0 Å². The summed E-state index contributed by atoms with van der Waals surface area (Å²) in [4.78, 5) is 18.3. The highest BCUT2D eigenvalue weighted by Crippen LogP contribution is 2.43. The topological polar surface area (TPSA) is 58.6 Å². The van der Waals surface area contributed by atoms with Crippen molar-refractivity contribution in [3.05, 3.63) is 34.9 Å². The SMILES string of the molecule is CCC#Cc1cc(CC)ccc1[C@](ONC)(C(=O)O)C1CCCCC1. The largest absolute Gasteiger partial charge is 0.479 e. The summed E-state index contributed by atoms with van der Waals surface area (Å²) in [6, 6.07) is 5.90. The van der Waals surface area contributed by atoms with Crippen LogP contribution in [0.15, 0.2) is 18.2 Å². The quantitative estimate of drug-likeness (QED) is 0.605. The Kier molecular flexibility index (Phi) is 7.04. The molecule has 0 aliphatic heterocycles. The lowest BCUT2D eigenvalue weighted by Gasteiger charge is -2.39. The van der Waals surface area contributed by atoms with Gasteiger partial charge in [-0.1, -0.05) is 57.1 Å². The van der Waals surface area contributed by atoms with Crippen molar-refractivity contribution in [3.63, 3.8) is 0 Å². The molecule has 1 aromatic rings. The number of aliphatic carboxylic acids is 1. The van der Waals surface area contributed by atoms with Crippen molar-refractivity contribution < 1.29 is 14.7 Å².